The maximum absolute atomic E-state index is 5.98. The van der Waals surface area contributed by atoms with E-state index in [-0.39, 0.29) is 0 Å². The summed E-state index contributed by atoms with van der Waals surface area (Å²) in [7, 11) is 0. The van der Waals surface area contributed by atoms with Crippen molar-refractivity contribution < 1.29 is 4.74 Å². The van der Waals surface area contributed by atoms with Crippen LogP contribution in [0.2, 0.25) is 0 Å². The zero-order valence-electron chi connectivity index (χ0n) is 12.4. The van der Waals surface area contributed by atoms with Gasteiger partial charge in [-0.25, -0.2) is 4.98 Å². The molecular formula is C16H18N4O. The lowest BCUT2D eigenvalue weighted by molar-refractivity contribution is 0.461. The van der Waals surface area contributed by atoms with Crippen molar-refractivity contribution in [2.45, 2.75) is 26.7 Å². The smallest absolute Gasteiger partial charge is 0.265 e. The van der Waals surface area contributed by atoms with Crippen molar-refractivity contribution in [3.63, 3.8) is 0 Å². The fourth-order valence-corrected chi connectivity index (χ4v) is 2.18. The van der Waals surface area contributed by atoms with Crippen LogP contribution in [0.3, 0.4) is 0 Å². The monoisotopic (exact) mass is 282 g/mol. The number of ether oxygens (including phenoxy) is 1. The summed E-state index contributed by atoms with van der Waals surface area (Å²) >= 11 is 0. The first-order valence-corrected chi connectivity index (χ1v) is 6.92. The minimum atomic E-state index is 0.396. The van der Waals surface area contributed by atoms with Crippen LogP contribution >= 0.6 is 0 Å². The molecule has 0 spiro atoms. The van der Waals surface area contributed by atoms with Crippen LogP contribution in [0.1, 0.15) is 30.9 Å². The minimum Gasteiger partial charge on any atom is -0.436 e. The number of benzene rings is 1. The highest BCUT2D eigenvalue weighted by atomic mass is 16.5. The van der Waals surface area contributed by atoms with E-state index in [1.54, 1.807) is 16.8 Å². The summed E-state index contributed by atoms with van der Waals surface area (Å²) in [5, 5.41) is 0. The Labute approximate surface area is 123 Å². The molecular weight excluding hydrogens is 264 g/mol. The Morgan fingerprint density at radius 3 is 2.86 bits per heavy atom. The average molecular weight is 282 g/mol. The van der Waals surface area contributed by atoms with Crippen LogP contribution in [-0.4, -0.2) is 14.4 Å². The lowest BCUT2D eigenvalue weighted by atomic mass is 10.0. The van der Waals surface area contributed by atoms with E-state index in [2.05, 4.69) is 35.9 Å². The zero-order valence-corrected chi connectivity index (χ0v) is 12.4. The van der Waals surface area contributed by atoms with Crippen LogP contribution in [0.15, 0.2) is 36.8 Å². The number of aromatic nitrogens is 3. The number of hydrogen-bond acceptors (Lipinski definition) is 4. The van der Waals surface area contributed by atoms with Crippen LogP contribution in [0.25, 0.3) is 5.65 Å². The lowest BCUT2D eigenvalue weighted by Crippen LogP contribution is -2.00. The highest BCUT2D eigenvalue weighted by Gasteiger charge is 2.11. The van der Waals surface area contributed by atoms with Gasteiger partial charge in [0.25, 0.3) is 5.88 Å². The number of imidazole rings is 1. The summed E-state index contributed by atoms with van der Waals surface area (Å²) in [5.41, 5.74) is 8.74. The molecule has 3 aromatic rings. The number of hydrogen-bond donors (Lipinski definition) is 1. The summed E-state index contributed by atoms with van der Waals surface area (Å²) in [6, 6.07) is 6.22. The Morgan fingerprint density at radius 2 is 2.10 bits per heavy atom. The van der Waals surface area contributed by atoms with Gasteiger partial charge in [-0.3, -0.25) is 4.40 Å². The molecule has 2 heterocycles. The van der Waals surface area contributed by atoms with Gasteiger partial charge < -0.3 is 10.5 Å². The molecule has 3 rings (SSSR count). The Bertz CT molecular complexity index is 792. The van der Waals surface area contributed by atoms with Crippen molar-refractivity contribution in [1.29, 1.82) is 0 Å². The Kier molecular flexibility index (Phi) is 3.25. The van der Waals surface area contributed by atoms with Gasteiger partial charge in [0.05, 0.1) is 6.20 Å². The molecule has 0 aliphatic carbocycles. The van der Waals surface area contributed by atoms with Crippen molar-refractivity contribution in [1.82, 2.24) is 14.4 Å². The van der Waals surface area contributed by atoms with Gasteiger partial charge >= 0.3 is 0 Å². The van der Waals surface area contributed by atoms with Gasteiger partial charge in [0.2, 0.25) is 5.65 Å². The van der Waals surface area contributed by atoms with Crippen LogP contribution in [-0.2, 0) is 0 Å². The summed E-state index contributed by atoms with van der Waals surface area (Å²) in [6.07, 6.45) is 5.23. The summed E-state index contributed by atoms with van der Waals surface area (Å²) in [4.78, 5) is 8.52. The van der Waals surface area contributed by atoms with E-state index in [1.165, 1.54) is 5.56 Å². The Hall–Kier alpha value is -2.56. The first-order chi connectivity index (χ1) is 10.0. The molecule has 0 bridgehead atoms. The lowest BCUT2D eigenvalue weighted by Gasteiger charge is -2.12. The normalized spacial score (nSPS) is 11.2. The van der Waals surface area contributed by atoms with Crippen molar-refractivity contribution in [3.8, 4) is 11.6 Å². The predicted molar refractivity (Wildman–Crippen MR) is 82.7 cm³/mol. The van der Waals surface area contributed by atoms with Gasteiger partial charge in [-0.2, -0.15) is 4.98 Å². The number of nitrogen functional groups attached to an aromatic ring is 1. The maximum atomic E-state index is 5.98. The maximum Gasteiger partial charge on any atom is 0.265 e. The molecule has 2 N–H and O–H groups in total. The van der Waals surface area contributed by atoms with E-state index in [4.69, 9.17) is 10.5 Å². The second-order valence-electron chi connectivity index (χ2n) is 5.41. The molecule has 108 valence electrons. The standard InChI is InChI=1S/C16H18N4O/c1-10(2)12-5-4-11(3)13(8-12)21-16-15-18-6-7-20(15)9-14(17)19-16/h4-10H,17H2,1-3H3. The predicted octanol–water partition coefficient (Wildman–Crippen LogP) is 3.54. The summed E-state index contributed by atoms with van der Waals surface area (Å²) < 4.78 is 7.78. The van der Waals surface area contributed by atoms with Gasteiger partial charge in [0, 0.05) is 12.4 Å². The third-order valence-electron chi connectivity index (χ3n) is 3.45. The minimum absolute atomic E-state index is 0.396. The fraction of sp³-hybridized carbons (Fsp3) is 0.250. The number of nitrogens with zero attached hydrogens (tertiary/aromatic N) is 3. The van der Waals surface area contributed by atoms with Crippen molar-refractivity contribution in [3.05, 3.63) is 47.9 Å². The van der Waals surface area contributed by atoms with Gasteiger partial charge in [0.15, 0.2) is 0 Å². The molecule has 0 saturated carbocycles. The third-order valence-corrected chi connectivity index (χ3v) is 3.45. The molecule has 0 aliphatic rings. The van der Waals surface area contributed by atoms with Crippen LogP contribution < -0.4 is 10.5 Å². The zero-order chi connectivity index (χ0) is 15.0. The van der Waals surface area contributed by atoms with Crippen molar-refractivity contribution in [2.24, 2.45) is 0 Å². The molecule has 0 atom stereocenters. The van der Waals surface area contributed by atoms with Crippen molar-refractivity contribution in [2.75, 3.05) is 5.73 Å². The first-order valence-electron chi connectivity index (χ1n) is 6.92. The molecule has 0 saturated heterocycles. The SMILES string of the molecule is Cc1ccc(C(C)C)cc1Oc1nc(N)cn2ccnc12. The fourth-order valence-electron chi connectivity index (χ4n) is 2.18. The Balaban J connectivity index is 2.06. The van der Waals surface area contributed by atoms with Crippen molar-refractivity contribution >= 4 is 11.5 Å². The number of fused-ring (bicyclic) bond motifs is 1. The Morgan fingerprint density at radius 1 is 1.29 bits per heavy atom. The first kappa shape index (κ1) is 13.4. The van der Waals surface area contributed by atoms with Crippen LogP contribution in [0, 0.1) is 6.92 Å². The molecule has 5 heteroatoms. The number of anilines is 1. The largest absolute Gasteiger partial charge is 0.436 e. The third kappa shape index (κ3) is 2.54. The quantitative estimate of drug-likeness (QED) is 0.798. The highest BCUT2D eigenvalue weighted by Crippen LogP contribution is 2.29. The second kappa shape index (κ2) is 5.09. The summed E-state index contributed by atoms with van der Waals surface area (Å²) in [5.74, 6) is 2.04. The highest BCUT2D eigenvalue weighted by molar-refractivity contribution is 5.54. The average Bonchev–Trinajstić information content (AvgIpc) is 2.89. The second-order valence-corrected chi connectivity index (χ2v) is 5.41. The van der Waals surface area contributed by atoms with E-state index >= 15 is 0 Å². The van der Waals surface area contributed by atoms with E-state index in [0.29, 0.717) is 23.3 Å². The molecule has 0 unspecified atom stereocenters. The van der Waals surface area contributed by atoms with Gasteiger partial charge in [0.1, 0.15) is 11.6 Å². The molecule has 0 amide bonds. The number of nitrogens with two attached hydrogens (primary N) is 1. The molecule has 0 aliphatic heterocycles. The van der Waals surface area contributed by atoms with E-state index < -0.39 is 0 Å². The molecule has 21 heavy (non-hydrogen) atoms. The molecule has 2 aromatic heterocycles. The van der Waals surface area contributed by atoms with E-state index in [9.17, 15) is 0 Å². The number of rotatable bonds is 3. The topological polar surface area (TPSA) is 65.4 Å². The molecule has 5 nitrogen and oxygen atoms in total. The summed E-state index contributed by atoms with van der Waals surface area (Å²) in [6.45, 7) is 6.31. The van der Waals surface area contributed by atoms with Gasteiger partial charge in [-0.1, -0.05) is 26.0 Å². The van der Waals surface area contributed by atoms with Crippen LogP contribution in [0.4, 0.5) is 5.82 Å². The van der Waals surface area contributed by atoms with Crippen LogP contribution in [0.5, 0.6) is 11.6 Å². The molecule has 0 fully saturated rings. The van der Waals surface area contributed by atoms with E-state index in [1.807, 2.05) is 19.2 Å². The molecule has 0 radical (unpaired) electrons. The van der Waals surface area contributed by atoms with Gasteiger partial charge in [-0.15, -0.1) is 0 Å². The van der Waals surface area contributed by atoms with Gasteiger partial charge in [-0.05, 0) is 30.0 Å². The van der Waals surface area contributed by atoms with E-state index in [0.717, 1.165) is 11.3 Å². The number of aryl methyl sites for hydroxylation is 1. The molecule has 1 aromatic carbocycles.